The van der Waals surface area contributed by atoms with Gasteiger partial charge in [0.15, 0.2) is 3.95 Å². The molecule has 0 saturated carbocycles. The van der Waals surface area contributed by atoms with Crippen molar-refractivity contribution in [1.29, 1.82) is 0 Å². The topological polar surface area (TPSA) is 46.8 Å². The number of aromatic nitrogens is 1. The maximum Gasteiger partial charge on any atom is 0.210 e. The Balaban J connectivity index is 1.68. The number of fused-ring (bicyclic) bond motifs is 1. The maximum atomic E-state index is 10.6. The van der Waals surface area contributed by atoms with E-state index >= 15 is 0 Å². The van der Waals surface area contributed by atoms with Gasteiger partial charge in [-0.3, -0.25) is 9.56 Å². The van der Waals surface area contributed by atoms with Gasteiger partial charge in [0.25, 0.3) is 0 Å². The van der Waals surface area contributed by atoms with E-state index in [1.165, 1.54) is 11.3 Å². The molecule has 1 N–H and O–H groups in total. The van der Waals surface area contributed by atoms with E-state index < -0.39 is 0 Å². The van der Waals surface area contributed by atoms with Crippen LogP contribution in [0.15, 0.2) is 27.7 Å². The summed E-state index contributed by atoms with van der Waals surface area (Å²) in [6, 6.07) is 5.98. The number of aromatic hydroxyl groups is 1. The van der Waals surface area contributed by atoms with Gasteiger partial charge >= 0.3 is 0 Å². The van der Waals surface area contributed by atoms with Crippen molar-refractivity contribution in [3.63, 3.8) is 0 Å². The molecular formula is C17H15BrN2O2S2. The predicted octanol–water partition coefficient (Wildman–Crippen LogP) is 5.18. The summed E-state index contributed by atoms with van der Waals surface area (Å²) in [7, 11) is 0. The highest BCUT2D eigenvalue weighted by molar-refractivity contribution is 9.10. The van der Waals surface area contributed by atoms with E-state index in [1.54, 1.807) is 4.57 Å². The Morgan fingerprint density at radius 2 is 2.38 bits per heavy atom. The van der Waals surface area contributed by atoms with Crippen LogP contribution in [0.4, 0.5) is 5.69 Å². The minimum atomic E-state index is 0.141. The van der Waals surface area contributed by atoms with Crippen molar-refractivity contribution in [3.05, 3.63) is 37.1 Å². The molecule has 1 fully saturated rings. The lowest BCUT2D eigenvalue weighted by atomic mass is 10.1. The molecule has 1 atom stereocenters. The zero-order valence-corrected chi connectivity index (χ0v) is 16.0. The van der Waals surface area contributed by atoms with Crippen LogP contribution >= 0.6 is 39.5 Å². The number of halogens is 1. The third kappa shape index (κ3) is 3.01. The van der Waals surface area contributed by atoms with Gasteiger partial charge < -0.3 is 9.84 Å². The Bertz CT molecular complexity index is 908. The summed E-state index contributed by atoms with van der Waals surface area (Å²) in [5, 5.41) is 10.6. The van der Waals surface area contributed by atoms with Crippen LogP contribution in [0.2, 0.25) is 0 Å². The number of benzene rings is 1. The van der Waals surface area contributed by atoms with Crippen LogP contribution in [-0.2, 0) is 11.3 Å². The fraction of sp³-hybridized carbons (Fsp3) is 0.294. The second-order valence-corrected chi connectivity index (χ2v) is 8.41. The van der Waals surface area contributed by atoms with E-state index in [1.807, 2.05) is 30.5 Å². The molecule has 2 aliphatic rings. The first-order chi connectivity index (χ1) is 11.6. The molecule has 2 aliphatic heterocycles. The Morgan fingerprint density at radius 3 is 3.17 bits per heavy atom. The van der Waals surface area contributed by atoms with Crippen molar-refractivity contribution in [2.75, 3.05) is 6.61 Å². The van der Waals surface area contributed by atoms with Crippen molar-refractivity contribution in [3.8, 4) is 5.88 Å². The van der Waals surface area contributed by atoms with Crippen LogP contribution in [0.3, 0.4) is 0 Å². The number of ether oxygens (including phenoxy) is 1. The van der Waals surface area contributed by atoms with Gasteiger partial charge in [-0.2, -0.15) is 0 Å². The van der Waals surface area contributed by atoms with Crippen molar-refractivity contribution in [1.82, 2.24) is 4.57 Å². The normalized spacial score (nSPS) is 20.9. The molecule has 24 heavy (non-hydrogen) atoms. The van der Waals surface area contributed by atoms with Crippen LogP contribution in [0.1, 0.15) is 23.3 Å². The number of hydrogen-bond acceptors (Lipinski definition) is 5. The van der Waals surface area contributed by atoms with Gasteiger partial charge in [0.1, 0.15) is 0 Å². The van der Waals surface area contributed by atoms with E-state index in [0.29, 0.717) is 10.5 Å². The van der Waals surface area contributed by atoms with Gasteiger partial charge in [0, 0.05) is 28.4 Å². The number of thiazole rings is 1. The summed E-state index contributed by atoms with van der Waals surface area (Å²) in [6.45, 7) is 1.41. The summed E-state index contributed by atoms with van der Waals surface area (Å²) in [6.07, 6.45) is 6.00. The van der Waals surface area contributed by atoms with E-state index in [-0.39, 0.29) is 12.0 Å². The highest BCUT2D eigenvalue weighted by Gasteiger charge is 2.20. The quantitative estimate of drug-likeness (QED) is 0.692. The molecule has 3 heterocycles. The Labute approximate surface area is 157 Å². The van der Waals surface area contributed by atoms with Crippen molar-refractivity contribution >= 4 is 63.0 Å². The molecule has 1 aromatic heterocycles. The van der Waals surface area contributed by atoms with Gasteiger partial charge in [-0.1, -0.05) is 15.9 Å². The average molecular weight is 423 g/mol. The van der Waals surface area contributed by atoms with Crippen LogP contribution in [-0.4, -0.2) is 28.6 Å². The summed E-state index contributed by atoms with van der Waals surface area (Å²) in [5.41, 5.74) is 2.96. The molecule has 0 radical (unpaired) electrons. The lowest BCUT2D eigenvalue weighted by Gasteiger charge is -2.11. The van der Waals surface area contributed by atoms with Crippen LogP contribution < -0.4 is 0 Å². The van der Waals surface area contributed by atoms with Gasteiger partial charge in [0.05, 0.1) is 23.2 Å². The smallest absolute Gasteiger partial charge is 0.210 e. The first kappa shape index (κ1) is 16.2. The van der Waals surface area contributed by atoms with Gasteiger partial charge in [-0.15, -0.1) is 11.3 Å². The molecule has 7 heteroatoms. The average Bonchev–Trinajstić information content (AvgIpc) is 3.26. The van der Waals surface area contributed by atoms with Crippen molar-refractivity contribution < 1.29 is 9.84 Å². The Kier molecular flexibility index (Phi) is 4.42. The molecule has 1 aromatic carbocycles. The number of nitrogens with zero attached hydrogens (tertiary/aromatic N) is 2. The molecule has 0 unspecified atom stereocenters. The first-order valence-corrected chi connectivity index (χ1v) is 9.73. The minimum absolute atomic E-state index is 0.141. The molecule has 0 amide bonds. The van der Waals surface area contributed by atoms with E-state index in [4.69, 9.17) is 17.0 Å². The molecule has 0 aliphatic carbocycles. The van der Waals surface area contributed by atoms with E-state index in [2.05, 4.69) is 20.9 Å². The van der Waals surface area contributed by atoms with Gasteiger partial charge in [-0.25, -0.2) is 0 Å². The maximum absolute atomic E-state index is 10.6. The summed E-state index contributed by atoms with van der Waals surface area (Å²) < 4.78 is 9.10. The summed E-state index contributed by atoms with van der Waals surface area (Å²) in [5.74, 6) is 0.213. The zero-order valence-electron chi connectivity index (χ0n) is 12.7. The number of hydrogen-bond donors (Lipinski definition) is 1. The van der Waals surface area contributed by atoms with Gasteiger partial charge in [0.2, 0.25) is 5.88 Å². The summed E-state index contributed by atoms with van der Waals surface area (Å²) in [4.78, 5) is 5.17. The molecule has 0 spiro atoms. The van der Waals surface area contributed by atoms with Crippen molar-refractivity contribution in [2.45, 2.75) is 25.5 Å². The fourth-order valence-electron chi connectivity index (χ4n) is 2.98. The van der Waals surface area contributed by atoms with E-state index in [9.17, 15) is 5.11 Å². The zero-order chi connectivity index (χ0) is 16.7. The van der Waals surface area contributed by atoms with Crippen LogP contribution in [0.5, 0.6) is 5.88 Å². The predicted molar refractivity (Wildman–Crippen MR) is 104 cm³/mol. The third-order valence-corrected chi connectivity index (χ3v) is 6.08. The molecular weight excluding hydrogens is 408 g/mol. The third-order valence-electron chi connectivity index (χ3n) is 4.20. The second-order valence-electron chi connectivity index (χ2n) is 5.82. The van der Waals surface area contributed by atoms with Crippen LogP contribution in [0, 0.1) is 3.95 Å². The monoisotopic (exact) mass is 422 g/mol. The largest absolute Gasteiger partial charge is 0.493 e. The molecule has 0 bridgehead atoms. The standard InChI is InChI=1S/C17H15BrN2O2S2/c18-11-3-4-14-13(7-11)10(8-19-14)6-15-16(21)20(17(23)24-15)9-12-2-1-5-22-12/h3-4,6-8,12,21H,1-2,5,9H2/t12-/m1/s1. The Hall–Kier alpha value is -1.28. The lowest BCUT2D eigenvalue weighted by molar-refractivity contribution is 0.0948. The second kappa shape index (κ2) is 6.55. The fourth-order valence-corrected chi connectivity index (χ4v) is 4.62. The van der Waals surface area contributed by atoms with Gasteiger partial charge in [-0.05, 0) is 49.3 Å². The highest BCUT2D eigenvalue weighted by Crippen LogP contribution is 2.37. The first-order valence-electron chi connectivity index (χ1n) is 7.72. The SMILES string of the molecule is Oc1c(C=C2C=Nc3ccc(Br)cc32)sc(=S)n1C[C@H]1CCCO1. The van der Waals surface area contributed by atoms with Crippen LogP contribution in [0.25, 0.3) is 11.6 Å². The number of aliphatic imine (C=N–C) groups is 1. The van der Waals surface area contributed by atoms with Crippen molar-refractivity contribution in [2.24, 2.45) is 4.99 Å². The minimum Gasteiger partial charge on any atom is -0.493 e. The van der Waals surface area contributed by atoms with E-state index in [0.717, 1.165) is 45.6 Å². The summed E-state index contributed by atoms with van der Waals surface area (Å²) >= 11 is 10.3. The molecule has 124 valence electrons. The number of allylic oxidation sites excluding steroid dienone is 1. The molecule has 4 rings (SSSR count). The number of rotatable bonds is 3. The molecule has 4 nitrogen and oxygen atoms in total. The highest BCUT2D eigenvalue weighted by atomic mass is 79.9. The molecule has 2 aromatic rings. The Morgan fingerprint density at radius 1 is 1.50 bits per heavy atom. The lowest BCUT2D eigenvalue weighted by Crippen LogP contribution is -2.14. The molecule has 1 saturated heterocycles.